The molecule has 2 amide bonds. The average Bonchev–Trinajstić information content (AvgIpc) is 3.39. The van der Waals surface area contributed by atoms with Crippen molar-refractivity contribution < 1.29 is 9.59 Å². The number of halogens is 1. The van der Waals surface area contributed by atoms with Gasteiger partial charge in [-0.1, -0.05) is 55.8 Å². The standard InChI is InChI=1S/C27H32ClN3O2S/c1-27(26(33)29-21-7-5-3-2-4-6-8-21)18-30-22-14-16-34-24(22)17-23(30)25(32)31(27)15-13-19-9-11-20(28)12-10-19/h9-12,14,16-17,21H,2-8,13,15,18H2,1H3,(H,29,33). The van der Waals surface area contributed by atoms with Crippen molar-refractivity contribution in [3.8, 4) is 0 Å². The molecule has 3 heterocycles. The van der Waals surface area contributed by atoms with Crippen molar-refractivity contribution in [1.82, 2.24) is 14.8 Å². The van der Waals surface area contributed by atoms with Crippen molar-refractivity contribution in [2.24, 2.45) is 0 Å². The zero-order chi connectivity index (χ0) is 23.7. The highest BCUT2D eigenvalue weighted by Crippen LogP contribution is 2.35. The van der Waals surface area contributed by atoms with Gasteiger partial charge in [-0.2, -0.15) is 0 Å². The van der Waals surface area contributed by atoms with E-state index in [9.17, 15) is 9.59 Å². The van der Waals surface area contributed by atoms with Crippen LogP contribution in [0.5, 0.6) is 0 Å². The van der Waals surface area contributed by atoms with Crippen LogP contribution in [0.3, 0.4) is 0 Å². The molecule has 34 heavy (non-hydrogen) atoms. The van der Waals surface area contributed by atoms with Crippen LogP contribution in [0.25, 0.3) is 10.2 Å². The summed E-state index contributed by atoms with van der Waals surface area (Å²) in [5.74, 6) is -0.107. The molecule has 0 radical (unpaired) electrons. The number of carbonyl (C=O) groups is 2. The minimum Gasteiger partial charge on any atom is -0.351 e. The Balaban J connectivity index is 1.44. The lowest BCUT2D eigenvalue weighted by Gasteiger charge is -2.44. The molecule has 1 N–H and O–H groups in total. The summed E-state index contributed by atoms with van der Waals surface area (Å²) >= 11 is 7.68. The Labute approximate surface area is 210 Å². The van der Waals surface area contributed by atoms with E-state index in [4.69, 9.17) is 11.6 Å². The van der Waals surface area contributed by atoms with Crippen molar-refractivity contribution in [3.05, 3.63) is 58.1 Å². The molecule has 5 rings (SSSR count). The molecule has 1 aliphatic heterocycles. The number of rotatable bonds is 5. The zero-order valence-electron chi connectivity index (χ0n) is 19.7. The summed E-state index contributed by atoms with van der Waals surface area (Å²) in [6.07, 6.45) is 8.77. The lowest BCUT2D eigenvalue weighted by atomic mass is 9.91. The third kappa shape index (κ3) is 4.50. The number of carbonyl (C=O) groups excluding carboxylic acids is 2. The van der Waals surface area contributed by atoms with Gasteiger partial charge in [0.15, 0.2) is 0 Å². The number of thiophene rings is 1. The molecule has 2 aromatic heterocycles. The van der Waals surface area contributed by atoms with Crippen LogP contribution in [0.2, 0.25) is 5.02 Å². The predicted octanol–water partition coefficient (Wildman–Crippen LogP) is 6.04. The molecule has 1 aliphatic carbocycles. The molecule has 1 aromatic carbocycles. The second-order valence-electron chi connectivity index (χ2n) is 9.91. The van der Waals surface area contributed by atoms with Gasteiger partial charge in [0, 0.05) is 17.6 Å². The lowest BCUT2D eigenvalue weighted by Crippen LogP contribution is -2.65. The summed E-state index contributed by atoms with van der Waals surface area (Å²) in [5, 5.41) is 6.09. The first-order chi connectivity index (χ1) is 16.5. The molecule has 0 spiro atoms. The van der Waals surface area contributed by atoms with Gasteiger partial charge in [0.25, 0.3) is 5.91 Å². The summed E-state index contributed by atoms with van der Waals surface area (Å²) in [6.45, 7) is 2.88. The molecule has 1 unspecified atom stereocenters. The number of nitrogens with zero attached hydrogens (tertiary/aromatic N) is 2. The molecule has 1 saturated carbocycles. The van der Waals surface area contributed by atoms with Crippen LogP contribution in [0.1, 0.15) is 67.9 Å². The Morgan fingerprint density at radius 1 is 1.12 bits per heavy atom. The molecule has 3 aromatic rings. The van der Waals surface area contributed by atoms with E-state index in [2.05, 4.69) is 5.32 Å². The fourth-order valence-corrected chi connectivity index (χ4v) is 6.40. The van der Waals surface area contributed by atoms with Crippen molar-refractivity contribution in [2.45, 2.75) is 76.4 Å². The van der Waals surface area contributed by atoms with Crippen molar-refractivity contribution in [2.75, 3.05) is 6.54 Å². The number of hydrogen-bond acceptors (Lipinski definition) is 3. The first-order valence-corrected chi connectivity index (χ1v) is 13.7. The van der Waals surface area contributed by atoms with Gasteiger partial charge in [-0.3, -0.25) is 9.59 Å². The van der Waals surface area contributed by atoms with E-state index in [-0.39, 0.29) is 17.9 Å². The maximum atomic E-state index is 13.9. The smallest absolute Gasteiger partial charge is 0.271 e. The largest absolute Gasteiger partial charge is 0.351 e. The van der Waals surface area contributed by atoms with E-state index < -0.39 is 5.54 Å². The van der Waals surface area contributed by atoms with Crippen molar-refractivity contribution in [1.29, 1.82) is 0 Å². The molecule has 0 saturated heterocycles. The van der Waals surface area contributed by atoms with Crippen LogP contribution in [0, 0.1) is 0 Å². The summed E-state index contributed by atoms with van der Waals surface area (Å²) in [6, 6.07) is 11.9. The van der Waals surface area contributed by atoms with E-state index in [0.29, 0.717) is 30.2 Å². The summed E-state index contributed by atoms with van der Waals surface area (Å²) in [7, 11) is 0. The molecule has 0 bridgehead atoms. The Hall–Kier alpha value is -2.31. The SMILES string of the molecule is CC1(C(=O)NC2CCCCCCC2)Cn2c(cc3sccc32)C(=O)N1CCc1ccc(Cl)cc1. The number of hydrogen-bond donors (Lipinski definition) is 1. The van der Waals surface area contributed by atoms with E-state index in [1.54, 1.807) is 16.2 Å². The van der Waals surface area contributed by atoms with Gasteiger partial charge in [-0.25, -0.2) is 0 Å². The Bertz CT molecular complexity index is 1180. The number of amides is 2. The van der Waals surface area contributed by atoms with Crippen LogP contribution >= 0.6 is 22.9 Å². The highest BCUT2D eigenvalue weighted by atomic mass is 35.5. The molecular weight excluding hydrogens is 466 g/mol. The maximum absolute atomic E-state index is 13.9. The Morgan fingerprint density at radius 2 is 1.82 bits per heavy atom. The van der Waals surface area contributed by atoms with Crippen molar-refractivity contribution in [3.63, 3.8) is 0 Å². The van der Waals surface area contributed by atoms with Crippen molar-refractivity contribution >= 4 is 45.0 Å². The van der Waals surface area contributed by atoms with E-state index in [0.717, 1.165) is 41.5 Å². The van der Waals surface area contributed by atoms with Gasteiger partial charge in [0.2, 0.25) is 5.91 Å². The van der Waals surface area contributed by atoms with Crippen LogP contribution in [-0.2, 0) is 17.8 Å². The van der Waals surface area contributed by atoms with Gasteiger partial charge < -0.3 is 14.8 Å². The molecule has 180 valence electrons. The quantitative estimate of drug-likeness (QED) is 0.467. The van der Waals surface area contributed by atoms with Crippen LogP contribution in [0.15, 0.2) is 41.8 Å². The number of nitrogens with one attached hydrogen (secondary N) is 1. The van der Waals surface area contributed by atoms with Gasteiger partial charge in [-0.05, 0) is 61.4 Å². The third-order valence-electron chi connectivity index (χ3n) is 7.52. The highest BCUT2D eigenvalue weighted by molar-refractivity contribution is 7.17. The minimum atomic E-state index is -0.952. The summed E-state index contributed by atoms with van der Waals surface area (Å²) < 4.78 is 3.13. The van der Waals surface area contributed by atoms with E-state index in [1.807, 2.05) is 53.3 Å². The fourth-order valence-electron chi connectivity index (χ4n) is 5.46. The van der Waals surface area contributed by atoms with E-state index >= 15 is 0 Å². The minimum absolute atomic E-state index is 0.0368. The van der Waals surface area contributed by atoms with E-state index in [1.165, 1.54) is 19.3 Å². The number of benzene rings is 1. The molecular formula is C27H32ClN3O2S. The van der Waals surface area contributed by atoms with Crippen LogP contribution in [-0.4, -0.2) is 39.4 Å². The molecule has 1 atom stereocenters. The zero-order valence-corrected chi connectivity index (χ0v) is 21.3. The lowest BCUT2D eigenvalue weighted by molar-refractivity contribution is -0.133. The summed E-state index contributed by atoms with van der Waals surface area (Å²) in [5.41, 5.74) is 1.86. The highest BCUT2D eigenvalue weighted by Gasteiger charge is 2.48. The normalized spacial score (nSPS) is 21.8. The van der Waals surface area contributed by atoms with Gasteiger partial charge in [-0.15, -0.1) is 11.3 Å². The molecule has 2 aliphatic rings. The second-order valence-corrected chi connectivity index (χ2v) is 11.3. The number of fused-ring (bicyclic) bond motifs is 3. The topological polar surface area (TPSA) is 54.3 Å². The molecule has 1 fully saturated rings. The van der Waals surface area contributed by atoms with Gasteiger partial charge in [0.05, 0.1) is 16.8 Å². The first kappa shape index (κ1) is 23.4. The third-order valence-corrected chi connectivity index (χ3v) is 8.62. The second kappa shape index (κ2) is 9.74. The fraction of sp³-hybridized carbons (Fsp3) is 0.481. The average molecular weight is 498 g/mol. The van der Waals surface area contributed by atoms with Gasteiger partial charge in [0.1, 0.15) is 11.2 Å². The van der Waals surface area contributed by atoms with Gasteiger partial charge >= 0.3 is 0 Å². The molecule has 7 heteroatoms. The Kier molecular flexibility index (Phi) is 6.72. The van der Waals surface area contributed by atoms with Crippen LogP contribution < -0.4 is 5.32 Å². The predicted molar refractivity (Wildman–Crippen MR) is 139 cm³/mol. The maximum Gasteiger partial charge on any atom is 0.271 e. The monoisotopic (exact) mass is 497 g/mol. The summed E-state index contributed by atoms with van der Waals surface area (Å²) in [4.78, 5) is 29.5. The molecule has 5 nitrogen and oxygen atoms in total. The Morgan fingerprint density at radius 3 is 2.56 bits per heavy atom. The first-order valence-electron chi connectivity index (χ1n) is 12.4. The number of aromatic nitrogens is 1. The van der Waals surface area contributed by atoms with Crippen LogP contribution in [0.4, 0.5) is 0 Å².